The van der Waals surface area contributed by atoms with Crippen LogP contribution in [0.4, 0.5) is 4.79 Å². The molecule has 0 bridgehead atoms. The van der Waals surface area contributed by atoms with E-state index in [1.807, 2.05) is 13.8 Å². The first-order valence-electron chi connectivity index (χ1n) is 4.82. The van der Waals surface area contributed by atoms with E-state index in [2.05, 4.69) is 5.32 Å². The van der Waals surface area contributed by atoms with Gasteiger partial charge in [0.15, 0.2) is 0 Å². The van der Waals surface area contributed by atoms with E-state index >= 15 is 0 Å². The lowest BCUT2D eigenvalue weighted by Crippen LogP contribution is -2.54. The maximum absolute atomic E-state index is 11.4. The second kappa shape index (κ2) is 4.46. The number of amides is 2. The molecule has 4 nitrogen and oxygen atoms in total. The summed E-state index contributed by atoms with van der Waals surface area (Å²) in [6, 6.07) is -0.0840. The van der Waals surface area contributed by atoms with Gasteiger partial charge in [0, 0.05) is 13.1 Å². The summed E-state index contributed by atoms with van der Waals surface area (Å²) in [7, 11) is 0. The second-order valence-corrected chi connectivity index (χ2v) is 3.77. The molecule has 13 heavy (non-hydrogen) atoms. The van der Waals surface area contributed by atoms with Crippen LogP contribution in [0.25, 0.3) is 0 Å². The zero-order chi connectivity index (χ0) is 9.84. The molecule has 0 unspecified atom stereocenters. The first kappa shape index (κ1) is 10.3. The predicted molar refractivity (Wildman–Crippen MR) is 50.4 cm³/mol. The van der Waals surface area contributed by atoms with Gasteiger partial charge in [-0.05, 0) is 12.3 Å². The fourth-order valence-electron chi connectivity index (χ4n) is 1.63. The number of rotatable bonds is 3. The Morgan fingerprint density at radius 1 is 1.62 bits per heavy atom. The Kier molecular flexibility index (Phi) is 3.54. The van der Waals surface area contributed by atoms with Crippen molar-refractivity contribution in [3.8, 4) is 0 Å². The van der Waals surface area contributed by atoms with E-state index in [9.17, 15) is 4.79 Å². The molecule has 2 N–H and O–H groups in total. The summed E-state index contributed by atoms with van der Waals surface area (Å²) in [5.41, 5.74) is 0. The van der Waals surface area contributed by atoms with E-state index in [4.69, 9.17) is 5.11 Å². The third kappa shape index (κ3) is 2.34. The minimum atomic E-state index is -0.0426. The van der Waals surface area contributed by atoms with E-state index < -0.39 is 0 Å². The molecule has 0 spiro atoms. The molecule has 0 aromatic carbocycles. The summed E-state index contributed by atoms with van der Waals surface area (Å²) in [6.45, 7) is 5.59. The van der Waals surface area contributed by atoms with Gasteiger partial charge in [0.05, 0.1) is 12.6 Å². The molecule has 76 valence electrons. The van der Waals surface area contributed by atoms with Gasteiger partial charge in [0.25, 0.3) is 0 Å². The van der Waals surface area contributed by atoms with Gasteiger partial charge in [-0.2, -0.15) is 0 Å². The lowest BCUT2D eigenvalue weighted by Gasteiger charge is -2.36. The zero-order valence-corrected chi connectivity index (χ0v) is 8.29. The van der Waals surface area contributed by atoms with Gasteiger partial charge < -0.3 is 15.3 Å². The number of nitrogens with one attached hydrogen (secondary N) is 1. The van der Waals surface area contributed by atoms with Crippen LogP contribution in [-0.4, -0.2) is 41.8 Å². The zero-order valence-electron chi connectivity index (χ0n) is 8.29. The van der Waals surface area contributed by atoms with Crippen LogP contribution in [-0.2, 0) is 0 Å². The summed E-state index contributed by atoms with van der Waals surface area (Å²) in [5, 5.41) is 11.9. The van der Waals surface area contributed by atoms with E-state index in [1.54, 1.807) is 4.90 Å². The second-order valence-electron chi connectivity index (χ2n) is 3.77. The molecule has 1 atom stereocenters. The highest BCUT2D eigenvalue weighted by Crippen LogP contribution is 2.12. The lowest BCUT2D eigenvalue weighted by atomic mass is 10.0. The molecule has 2 amide bonds. The quantitative estimate of drug-likeness (QED) is 0.671. The van der Waals surface area contributed by atoms with Crippen LogP contribution >= 0.6 is 0 Å². The molecule has 1 rings (SSSR count). The third-order valence-electron chi connectivity index (χ3n) is 2.47. The minimum Gasteiger partial charge on any atom is -0.394 e. The van der Waals surface area contributed by atoms with Crippen LogP contribution in [0.2, 0.25) is 0 Å². The van der Waals surface area contributed by atoms with Crippen molar-refractivity contribution in [1.29, 1.82) is 0 Å². The largest absolute Gasteiger partial charge is 0.394 e. The highest BCUT2D eigenvalue weighted by atomic mass is 16.3. The van der Waals surface area contributed by atoms with E-state index in [1.165, 1.54) is 0 Å². The van der Waals surface area contributed by atoms with Gasteiger partial charge in [-0.3, -0.25) is 0 Å². The van der Waals surface area contributed by atoms with Crippen molar-refractivity contribution in [2.45, 2.75) is 26.3 Å². The molecule has 1 aliphatic rings. The monoisotopic (exact) mass is 186 g/mol. The summed E-state index contributed by atoms with van der Waals surface area (Å²) in [4.78, 5) is 13.1. The minimum absolute atomic E-state index is 0.0414. The molecule has 1 saturated heterocycles. The Labute approximate surface area is 78.9 Å². The van der Waals surface area contributed by atoms with Gasteiger partial charge in [-0.1, -0.05) is 13.8 Å². The lowest BCUT2D eigenvalue weighted by molar-refractivity contribution is 0.0985. The Hall–Kier alpha value is -0.770. The molecule has 0 aromatic rings. The molecule has 0 aliphatic carbocycles. The first-order valence-corrected chi connectivity index (χ1v) is 4.82. The molecule has 0 radical (unpaired) electrons. The number of hydrogen-bond donors (Lipinski definition) is 2. The van der Waals surface area contributed by atoms with Gasteiger partial charge in [-0.25, -0.2) is 4.79 Å². The fraction of sp³-hybridized carbons (Fsp3) is 0.889. The van der Waals surface area contributed by atoms with Crippen LogP contribution in [0.5, 0.6) is 0 Å². The Morgan fingerprint density at radius 2 is 2.31 bits per heavy atom. The van der Waals surface area contributed by atoms with E-state index in [0.717, 1.165) is 19.5 Å². The van der Waals surface area contributed by atoms with Crippen molar-refractivity contribution < 1.29 is 9.90 Å². The predicted octanol–water partition coefficient (Wildman–Crippen LogP) is 0.419. The van der Waals surface area contributed by atoms with Crippen molar-refractivity contribution in [2.24, 2.45) is 5.92 Å². The van der Waals surface area contributed by atoms with Crippen LogP contribution in [0.3, 0.4) is 0 Å². The summed E-state index contributed by atoms with van der Waals surface area (Å²) < 4.78 is 0. The number of carbonyl (C=O) groups is 1. The Morgan fingerprint density at radius 3 is 2.77 bits per heavy atom. The maximum atomic E-state index is 11.4. The number of nitrogens with zero attached hydrogens (tertiary/aromatic N) is 1. The SMILES string of the molecule is CC(C)[C@@H](CO)N1CCCNC1=O. The number of aliphatic hydroxyl groups is 1. The van der Waals surface area contributed by atoms with E-state index in [0.29, 0.717) is 5.92 Å². The number of carbonyl (C=O) groups excluding carboxylic acids is 1. The average molecular weight is 186 g/mol. The van der Waals surface area contributed by atoms with Crippen molar-refractivity contribution in [2.75, 3.05) is 19.7 Å². The van der Waals surface area contributed by atoms with Crippen LogP contribution < -0.4 is 5.32 Å². The van der Waals surface area contributed by atoms with E-state index in [-0.39, 0.29) is 18.7 Å². The van der Waals surface area contributed by atoms with Crippen molar-refractivity contribution in [3.63, 3.8) is 0 Å². The standard InChI is InChI=1S/C9H18N2O2/c1-7(2)8(6-12)11-5-3-4-10-9(11)13/h7-8,12H,3-6H2,1-2H3,(H,10,13)/t8-/m1/s1. The summed E-state index contributed by atoms with van der Waals surface area (Å²) in [6.07, 6.45) is 0.967. The highest BCUT2D eigenvalue weighted by molar-refractivity contribution is 5.75. The highest BCUT2D eigenvalue weighted by Gasteiger charge is 2.27. The molecule has 1 heterocycles. The molecule has 0 saturated carbocycles. The van der Waals surface area contributed by atoms with Crippen molar-refractivity contribution in [1.82, 2.24) is 10.2 Å². The third-order valence-corrected chi connectivity index (χ3v) is 2.47. The van der Waals surface area contributed by atoms with Crippen LogP contribution in [0.15, 0.2) is 0 Å². The van der Waals surface area contributed by atoms with Crippen LogP contribution in [0, 0.1) is 5.92 Å². The number of urea groups is 1. The topological polar surface area (TPSA) is 52.6 Å². The molecule has 4 heteroatoms. The van der Waals surface area contributed by atoms with Crippen molar-refractivity contribution >= 4 is 6.03 Å². The molecule has 0 aromatic heterocycles. The maximum Gasteiger partial charge on any atom is 0.317 e. The summed E-state index contributed by atoms with van der Waals surface area (Å²) >= 11 is 0. The van der Waals surface area contributed by atoms with Crippen LogP contribution in [0.1, 0.15) is 20.3 Å². The number of hydrogen-bond acceptors (Lipinski definition) is 2. The first-order chi connectivity index (χ1) is 6.16. The van der Waals surface area contributed by atoms with Gasteiger partial charge in [0.1, 0.15) is 0 Å². The summed E-state index contributed by atoms with van der Waals surface area (Å²) in [5.74, 6) is 0.300. The van der Waals surface area contributed by atoms with Gasteiger partial charge in [0.2, 0.25) is 0 Å². The molecule has 1 aliphatic heterocycles. The Bertz CT molecular complexity index is 182. The Balaban J connectivity index is 2.60. The smallest absolute Gasteiger partial charge is 0.317 e. The number of aliphatic hydroxyl groups excluding tert-OH is 1. The van der Waals surface area contributed by atoms with Gasteiger partial charge >= 0.3 is 6.03 Å². The normalized spacial score (nSPS) is 20.3. The average Bonchev–Trinajstić information content (AvgIpc) is 2.09. The molecule has 1 fully saturated rings. The molecular formula is C9H18N2O2. The molecular weight excluding hydrogens is 168 g/mol. The van der Waals surface area contributed by atoms with Crippen molar-refractivity contribution in [3.05, 3.63) is 0 Å². The van der Waals surface area contributed by atoms with Gasteiger partial charge in [-0.15, -0.1) is 0 Å². The fourth-order valence-corrected chi connectivity index (χ4v) is 1.63.